The van der Waals surface area contributed by atoms with Gasteiger partial charge in [0.1, 0.15) is 25.6 Å². The average molecular weight is 527 g/mol. The number of aromatic nitrogens is 2. The zero-order valence-electron chi connectivity index (χ0n) is 20.0. The van der Waals surface area contributed by atoms with E-state index >= 15 is 0 Å². The first-order valence-electron chi connectivity index (χ1n) is 11.3. The molecule has 0 radical (unpaired) electrons. The minimum absolute atomic E-state index is 0.104. The second-order valence-corrected chi connectivity index (χ2v) is 10.3. The number of hydrogen-bond acceptors (Lipinski definition) is 6. The number of benzene rings is 3. The molecule has 1 amide bonds. The van der Waals surface area contributed by atoms with E-state index in [2.05, 4.69) is 5.32 Å². The van der Waals surface area contributed by atoms with Gasteiger partial charge < -0.3 is 14.8 Å². The predicted octanol–water partition coefficient (Wildman–Crippen LogP) is 2.62. The molecule has 0 saturated carbocycles. The van der Waals surface area contributed by atoms with Crippen LogP contribution in [0.1, 0.15) is 0 Å². The van der Waals surface area contributed by atoms with Gasteiger partial charge >= 0.3 is 5.69 Å². The van der Waals surface area contributed by atoms with Crippen molar-refractivity contribution in [3.8, 4) is 11.5 Å². The van der Waals surface area contributed by atoms with Crippen LogP contribution in [0.5, 0.6) is 11.5 Å². The maximum absolute atomic E-state index is 13.7. The Labute approximate surface area is 211 Å². The van der Waals surface area contributed by atoms with Crippen LogP contribution in [-0.2, 0) is 28.9 Å². The van der Waals surface area contributed by atoms with E-state index in [9.17, 15) is 22.4 Å². The zero-order chi connectivity index (χ0) is 26.3. The number of hydrogen-bond donors (Lipinski definition) is 1. The summed E-state index contributed by atoms with van der Waals surface area (Å²) in [6, 6.07) is 13.9. The summed E-state index contributed by atoms with van der Waals surface area (Å²) in [5.41, 5.74) is 1.55. The fourth-order valence-electron chi connectivity index (χ4n) is 4.15. The van der Waals surface area contributed by atoms with Crippen molar-refractivity contribution in [1.29, 1.82) is 0 Å². The first-order chi connectivity index (χ1) is 17.6. The zero-order valence-corrected chi connectivity index (χ0v) is 20.8. The Balaban J connectivity index is 1.47. The number of rotatable bonds is 6. The maximum Gasteiger partial charge on any atom is 0.328 e. The lowest BCUT2D eigenvalue weighted by molar-refractivity contribution is -0.114. The molecular formula is C25H23FN4O6S. The summed E-state index contributed by atoms with van der Waals surface area (Å²) in [6.07, 6.45) is 0. The molecule has 1 N–H and O–H groups in total. The van der Waals surface area contributed by atoms with Crippen LogP contribution in [0.15, 0.2) is 70.4 Å². The van der Waals surface area contributed by atoms with Crippen molar-refractivity contribution in [2.24, 2.45) is 14.1 Å². The topological polar surface area (TPSA) is 112 Å². The highest BCUT2D eigenvalue weighted by Crippen LogP contribution is 2.34. The summed E-state index contributed by atoms with van der Waals surface area (Å²) in [6.45, 7) is 0.0377. The highest BCUT2D eigenvalue weighted by Gasteiger charge is 2.29. The normalized spacial score (nSPS) is 12.9. The summed E-state index contributed by atoms with van der Waals surface area (Å²) in [7, 11) is -1.00. The molecule has 192 valence electrons. The van der Waals surface area contributed by atoms with Crippen LogP contribution in [0.2, 0.25) is 0 Å². The second kappa shape index (κ2) is 9.28. The van der Waals surface area contributed by atoms with E-state index in [-0.39, 0.29) is 28.6 Å². The number of nitrogens with one attached hydrogen (secondary N) is 1. The molecular weight excluding hydrogens is 503 g/mol. The Bertz CT molecular complexity index is 1680. The van der Waals surface area contributed by atoms with Crippen LogP contribution < -0.4 is 24.8 Å². The van der Waals surface area contributed by atoms with Crippen LogP contribution in [0.25, 0.3) is 11.0 Å². The Morgan fingerprint density at radius 3 is 2.35 bits per heavy atom. The molecule has 0 aliphatic carbocycles. The maximum atomic E-state index is 13.7. The van der Waals surface area contributed by atoms with Crippen molar-refractivity contribution in [3.63, 3.8) is 0 Å². The Morgan fingerprint density at radius 2 is 1.62 bits per heavy atom. The summed E-state index contributed by atoms with van der Waals surface area (Å²) < 4.78 is 55.7. The monoisotopic (exact) mass is 526 g/mol. The molecule has 1 aliphatic rings. The van der Waals surface area contributed by atoms with Crippen LogP contribution in [0, 0.1) is 5.82 Å². The van der Waals surface area contributed by atoms with Crippen molar-refractivity contribution in [3.05, 3.63) is 77.0 Å². The molecule has 0 atom stereocenters. The molecule has 10 nitrogen and oxygen atoms in total. The molecule has 1 aromatic heterocycles. The van der Waals surface area contributed by atoms with Gasteiger partial charge in [0.05, 0.1) is 21.6 Å². The van der Waals surface area contributed by atoms with Gasteiger partial charge in [-0.05, 0) is 54.6 Å². The third-order valence-electron chi connectivity index (χ3n) is 6.06. The Kier molecular flexibility index (Phi) is 6.12. The molecule has 0 spiro atoms. The highest BCUT2D eigenvalue weighted by molar-refractivity contribution is 7.92. The van der Waals surface area contributed by atoms with Gasteiger partial charge in [0.25, 0.3) is 10.0 Å². The van der Waals surface area contributed by atoms with Crippen molar-refractivity contribution in [2.75, 3.05) is 29.4 Å². The van der Waals surface area contributed by atoms with Gasteiger partial charge in [0.15, 0.2) is 11.5 Å². The van der Waals surface area contributed by atoms with Crippen LogP contribution in [0.4, 0.5) is 15.8 Å². The van der Waals surface area contributed by atoms with E-state index in [0.717, 1.165) is 16.4 Å². The molecule has 2 heterocycles. The van der Waals surface area contributed by atoms with E-state index in [1.165, 1.54) is 39.5 Å². The largest absolute Gasteiger partial charge is 0.486 e. The number of fused-ring (bicyclic) bond motifs is 2. The second-order valence-electron chi connectivity index (χ2n) is 8.45. The quantitative estimate of drug-likeness (QED) is 0.414. The number of imidazole rings is 1. The minimum atomic E-state index is -4.27. The van der Waals surface area contributed by atoms with Gasteiger partial charge in [0.2, 0.25) is 5.91 Å². The molecule has 12 heteroatoms. The van der Waals surface area contributed by atoms with E-state index in [1.54, 1.807) is 32.3 Å². The lowest BCUT2D eigenvalue weighted by atomic mass is 10.2. The lowest BCUT2D eigenvalue weighted by Crippen LogP contribution is -2.38. The molecule has 0 fully saturated rings. The number of nitrogens with zero attached hydrogens (tertiary/aromatic N) is 3. The van der Waals surface area contributed by atoms with Gasteiger partial charge in [-0.25, -0.2) is 17.6 Å². The van der Waals surface area contributed by atoms with Gasteiger partial charge in [-0.1, -0.05) is 0 Å². The first-order valence-corrected chi connectivity index (χ1v) is 12.7. The fraction of sp³-hybridized carbons (Fsp3) is 0.200. The number of ether oxygens (including phenoxy) is 2. The standard InChI is InChI=1S/C25H23FN4O6S/c1-28-20-9-5-17(13-21(20)29(2)25(28)32)27-24(31)15-30(18-6-3-16(26)4-7-18)37(33,34)19-8-10-22-23(14-19)36-12-11-35-22/h3-10,13-14H,11-12,15H2,1-2H3,(H,27,31). The Hall–Kier alpha value is -4.32. The fourth-order valence-corrected chi connectivity index (χ4v) is 5.59. The predicted molar refractivity (Wildman–Crippen MR) is 135 cm³/mol. The number of sulfonamides is 1. The average Bonchev–Trinajstić information content (AvgIpc) is 3.11. The van der Waals surface area contributed by atoms with Crippen molar-refractivity contribution in [2.45, 2.75) is 4.90 Å². The molecule has 0 saturated heterocycles. The lowest BCUT2D eigenvalue weighted by Gasteiger charge is -2.25. The molecule has 3 aromatic carbocycles. The summed E-state index contributed by atoms with van der Waals surface area (Å²) >= 11 is 0. The molecule has 4 aromatic rings. The van der Waals surface area contributed by atoms with Crippen LogP contribution >= 0.6 is 0 Å². The van der Waals surface area contributed by atoms with Crippen LogP contribution in [-0.4, -0.2) is 43.2 Å². The minimum Gasteiger partial charge on any atom is -0.486 e. The van der Waals surface area contributed by atoms with Crippen molar-refractivity contribution >= 4 is 38.3 Å². The summed E-state index contributed by atoms with van der Waals surface area (Å²) in [5, 5.41) is 2.69. The van der Waals surface area contributed by atoms with E-state index in [4.69, 9.17) is 9.47 Å². The molecule has 0 bridgehead atoms. The first kappa shape index (κ1) is 24.4. The van der Waals surface area contributed by atoms with E-state index in [0.29, 0.717) is 29.1 Å². The third-order valence-corrected chi connectivity index (χ3v) is 7.83. The number of aryl methyl sites for hydroxylation is 2. The molecule has 37 heavy (non-hydrogen) atoms. The van der Waals surface area contributed by atoms with Crippen molar-refractivity contribution < 1.29 is 27.1 Å². The van der Waals surface area contributed by atoms with Gasteiger partial charge in [-0.3, -0.25) is 18.2 Å². The van der Waals surface area contributed by atoms with E-state index < -0.39 is 28.3 Å². The number of halogens is 1. The number of amides is 1. The van der Waals surface area contributed by atoms with Gasteiger partial charge in [-0.15, -0.1) is 0 Å². The van der Waals surface area contributed by atoms with Gasteiger partial charge in [-0.2, -0.15) is 0 Å². The summed E-state index contributed by atoms with van der Waals surface area (Å²) in [5.74, 6) is -0.489. The smallest absolute Gasteiger partial charge is 0.328 e. The molecule has 1 aliphatic heterocycles. The van der Waals surface area contributed by atoms with Crippen molar-refractivity contribution in [1.82, 2.24) is 9.13 Å². The Morgan fingerprint density at radius 1 is 0.946 bits per heavy atom. The highest BCUT2D eigenvalue weighted by atomic mass is 32.2. The number of carbonyl (C=O) groups excluding carboxylic acids is 1. The summed E-state index contributed by atoms with van der Waals surface area (Å²) in [4.78, 5) is 25.1. The van der Waals surface area contributed by atoms with E-state index in [1.807, 2.05) is 0 Å². The third kappa shape index (κ3) is 4.51. The number of anilines is 2. The molecule has 5 rings (SSSR count). The van der Waals surface area contributed by atoms with Crippen LogP contribution in [0.3, 0.4) is 0 Å². The number of carbonyl (C=O) groups is 1. The van der Waals surface area contributed by atoms with Gasteiger partial charge in [0, 0.05) is 25.8 Å². The molecule has 0 unspecified atom stereocenters. The SMILES string of the molecule is Cn1c(=O)n(C)c2cc(NC(=O)CN(c3ccc(F)cc3)S(=O)(=O)c3ccc4c(c3)OCCO4)ccc21.